The van der Waals surface area contributed by atoms with Crippen LogP contribution in [-0.4, -0.2) is 17.0 Å². The number of carbonyl (C=O) groups is 1. The van der Waals surface area contributed by atoms with Gasteiger partial charge in [-0.25, -0.2) is 4.79 Å². The number of anilines is 1. The second-order valence-corrected chi connectivity index (χ2v) is 5.43. The molecule has 0 amide bonds. The number of carbonyl (C=O) groups excluding carboxylic acids is 1. The second kappa shape index (κ2) is 6.56. The van der Waals surface area contributed by atoms with Crippen molar-refractivity contribution in [3.8, 4) is 0 Å². The minimum atomic E-state index is -0.542. The highest BCUT2D eigenvalue weighted by molar-refractivity contribution is 5.95. The Morgan fingerprint density at radius 2 is 2.14 bits per heavy atom. The van der Waals surface area contributed by atoms with Crippen molar-refractivity contribution >= 4 is 17.3 Å². The molecule has 0 aliphatic heterocycles. The Morgan fingerprint density at radius 1 is 1.43 bits per heavy atom. The van der Waals surface area contributed by atoms with Gasteiger partial charge in [0.1, 0.15) is 6.10 Å². The average molecular weight is 292 g/mol. The predicted molar refractivity (Wildman–Crippen MR) is 79.0 cm³/mol. The van der Waals surface area contributed by atoms with Gasteiger partial charge in [0.05, 0.1) is 16.2 Å². The van der Waals surface area contributed by atoms with Crippen LogP contribution >= 0.6 is 0 Å². The molecule has 0 spiro atoms. The molecule has 0 aromatic heterocycles. The standard InChI is InChI=1S/C15H20N2O4/c1-2-10-5-3-4-6-14(10)21-15(18)12-8-7-11(17(19)20)9-13(12)16/h7-10,14H,2-6,16H2,1H3. The molecule has 0 bridgehead atoms. The summed E-state index contributed by atoms with van der Waals surface area (Å²) in [5.74, 6) is -0.102. The van der Waals surface area contributed by atoms with Gasteiger partial charge in [-0.15, -0.1) is 0 Å². The van der Waals surface area contributed by atoms with Gasteiger partial charge in [0.25, 0.3) is 5.69 Å². The maximum atomic E-state index is 12.2. The third kappa shape index (κ3) is 3.51. The largest absolute Gasteiger partial charge is 0.458 e. The monoisotopic (exact) mass is 292 g/mol. The molecule has 0 saturated heterocycles. The molecule has 0 heterocycles. The molecular weight excluding hydrogens is 272 g/mol. The molecule has 1 fully saturated rings. The summed E-state index contributed by atoms with van der Waals surface area (Å²) in [4.78, 5) is 22.3. The number of hydrogen-bond donors (Lipinski definition) is 1. The van der Waals surface area contributed by atoms with Gasteiger partial charge in [-0.3, -0.25) is 10.1 Å². The van der Waals surface area contributed by atoms with E-state index in [1.807, 2.05) is 0 Å². The summed E-state index contributed by atoms with van der Waals surface area (Å²) in [6, 6.07) is 3.82. The lowest BCUT2D eigenvalue weighted by Crippen LogP contribution is -2.30. The summed E-state index contributed by atoms with van der Waals surface area (Å²) in [7, 11) is 0. The molecule has 21 heavy (non-hydrogen) atoms. The number of nitro benzene ring substituents is 1. The topological polar surface area (TPSA) is 95.5 Å². The number of hydrogen-bond acceptors (Lipinski definition) is 5. The first-order valence-corrected chi connectivity index (χ1v) is 7.27. The van der Waals surface area contributed by atoms with Crippen molar-refractivity contribution < 1.29 is 14.5 Å². The fourth-order valence-corrected chi connectivity index (χ4v) is 2.85. The Morgan fingerprint density at radius 3 is 2.76 bits per heavy atom. The predicted octanol–water partition coefficient (Wildman–Crippen LogP) is 3.30. The van der Waals surface area contributed by atoms with Gasteiger partial charge >= 0.3 is 5.97 Å². The van der Waals surface area contributed by atoms with Crippen LogP contribution < -0.4 is 5.73 Å². The van der Waals surface area contributed by atoms with E-state index in [-0.39, 0.29) is 23.0 Å². The minimum Gasteiger partial charge on any atom is -0.458 e. The lowest BCUT2D eigenvalue weighted by molar-refractivity contribution is -0.384. The Labute approximate surface area is 123 Å². The average Bonchev–Trinajstić information content (AvgIpc) is 2.47. The molecule has 1 saturated carbocycles. The number of nitrogens with two attached hydrogens (primary N) is 1. The molecule has 2 rings (SSSR count). The number of rotatable bonds is 4. The highest BCUT2D eigenvalue weighted by atomic mass is 16.6. The molecule has 0 radical (unpaired) electrons. The van der Waals surface area contributed by atoms with Gasteiger partial charge in [0, 0.05) is 12.1 Å². The van der Waals surface area contributed by atoms with Crippen LogP contribution in [0.2, 0.25) is 0 Å². The number of esters is 1. The number of nitro groups is 1. The van der Waals surface area contributed by atoms with Crippen molar-refractivity contribution in [1.82, 2.24) is 0 Å². The first kappa shape index (κ1) is 15.3. The van der Waals surface area contributed by atoms with Crippen molar-refractivity contribution in [2.75, 3.05) is 5.73 Å². The summed E-state index contributed by atoms with van der Waals surface area (Å²) >= 11 is 0. The summed E-state index contributed by atoms with van der Waals surface area (Å²) in [5.41, 5.74) is 5.87. The summed E-state index contributed by atoms with van der Waals surface area (Å²) in [5, 5.41) is 10.7. The van der Waals surface area contributed by atoms with Crippen molar-refractivity contribution in [3.63, 3.8) is 0 Å². The first-order valence-electron chi connectivity index (χ1n) is 7.27. The number of benzene rings is 1. The number of nitrogens with zero attached hydrogens (tertiary/aromatic N) is 1. The van der Waals surface area contributed by atoms with Crippen LogP contribution in [0.15, 0.2) is 18.2 Å². The van der Waals surface area contributed by atoms with Crippen molar-refractivity contribution in [2.24, 2.45) is 5.92 Å². The fourth-order valence-electron chi connectivity index (χ4n) is 2.85. The van der Waals surface area contributed by atoms with E-state index in [0.717, 1.165) is 25.7 Å². The van der Waals surface area contributed by atoms with E-state index in [1.54, 1.807) is 0 Å². The van der Waals surface area contributed by atoms with E-state index in [1.165, 1.54) is 24.6 Å². The third-order valence-corrected chi connectivity index (χ3v) is 4.09. The molecule has 1 aromatic rings. The van der Waals surface area contributed by atoms with Gasteiger partial charge in [-0.2, -0.15) is 0 Å². The van der Waals surface area contributed by atoms with Crippen LogP contribution in [0.4, 0.5) is 11.4 Å². The zero-order valence-corrected chi connectivity index (χ0v) is 12.1. The highest BCUT2D eigenvalue weighted by Gasteiger charge is 2.28. The van der Waals surface area contributed by atoms with Crippen molar-refractivity contribution in [2.45, 2.75) is 45.1 Å². The molecule has 1 aliphatic carbocycles. The number of ether oxygens (including phenoxy) is 1. The lowest BCUT2D eigenvalue weighted by atomic mass is 9.85. The lowest BCUT2D eigenvalue weighted by Gasteiger charge is -2.30. The molecule has 2 atom stereocenters. The Balaban J connectivity index is 2.11. The van der Waals surface area contributed by atoms with Crippen LogP contribution in [0, 0.1) is 16.0 Å². The van der Waals surface area contributed by atoms with Gasteiger partial charge in [0.15, 0.2) is 0 Å². The smallest absolute Gasteiger partial charge is 0.340 e. The molecule has 114 valence electrons. The van der Waals surface area contributed by atoms with E-state index >= 15 is 0 Å². The molecule has 2 unspecified atom stereocenters. The maximum Gasteiger partial charge on any atom is 0.340 e. The van der Waals surface area contributed by atoms with Gasteiger partial charge < -0.3 is 10.5 Å². The minimum absolute atomic E-state index is 0.0779. The molecule has 6 heteroatoms. The molecule has 1 aliphatic rings. The quantitative estimate of drug-likeness (QED) is 0.397. The van der Waals surface area contributed by atoms with Crippen molar-refractivity contribution in [1.29, 1.82) is 0 Å². The van der Waals surface area contributed by atoms with Crippen LogP contribution in [0.5, 0.6) is 0 Å². The van der Waals surface area contributed by atoms with E-state index < -0.39 is 10.9 Å². The van der Waals surface area contributed by atoms with E-state index in [2.05, 4.69) is 6.92 Å². The van der Waals surface area contributed by atoms with E-state index in [4.69, 9.17) is 10.5 Å². The molecular formula is C15H20N2O4. The summed E-state index contributed by atoms with van der Waals surface area (Å²) in [6.45, 7) is 2.09. The summed E-state index contributed by atoms with van der Waals surface area (Å²) < 4.78 is 5.57. The van der Waals surface area contributed by atoms with E-state index in [9.17, 15) is 14.9 Å². The molecule has 6 nitrogen and oxygen atoms in total. The normalized spacial score (nSPS) is 21.8. The highest BCUT2D eigenvalue weighted by Crippen LogP contribution is 2.30. The second-order valence-electron chi connectivity index (χ2n) is 5.43. The molecule has 1 aromatic carbocycles. The van der Waals surface area contributed by atoms with Crippen LogP contribution in [0.1, 0.15) is 49.4 Å². The first-order chi connectivity index (χ1) is 10.0. The van der Waals surface area contributed by atoms with Gasteiger partial charge in [-0.1, -0.05) is 13.3 Å². The Bertz CT molecular complexity index is 544. The van der Waals surface area contributed by atoms with Crippen LogP contribution in [0.25, 0.3) is 0 Å². The van der Waals surface area contributed by atoms with Gasteiger partial charge in [0.2, 0.25) is 0 Å². The van der Waals surface area contributed by atoms with Crippen LogP contribution in [-0.2, 0) is 4.74 Å². The van der Waals surface area contributed by atoms with Crippen molar-refractivity contribution in [3.05, 3.63) is 33.9 Å². The zero-order chi connectivity index (χ0) is 15.4. The third-order valence-electron chi connectivity index (χ3n) is 4.09. The maximum absolute atomic E-state index is 12.2. The molecule has 2 N–H and O–H groups in total. The number of nitrogen functional groups attached to an aromatic ring is 1. The Kier molecular flexibility index (Phi) is 4.77. The number of non-ortho nitro benzene ring substituents is 1. The fraction of sp³-hybridized carbons (Fsp3) is 0.533. The van der Waals surface area contributed by atoms with Gasteiger partial charge in [-0.05, 0) is 37.7 Å². The summed E-state index contributed by atoms with van der Waals surface area (Å²) in [6.07, 6.45) is 5.08. The van der Waals surface area contributed by atoms with E-state index in [0.29, 0.717) is 5.92 Å². The zero-order valence-electron chi connectivity index (χ0n) is 12.1. The SMILES string of the molecule is CCC1CCCCC1OC(=O)c1ccc([N+](=O)[O-])cc1N. The Hall–Kier alpha value is -2.11. The van der Waals surface area contributed by atoms with Crippen LogP contribution in [0.3, 0.4) is 0 Å².